The molecule has 0 aliphatic carbocycles. The van der Waals surface area contributed by atoms with Crippen LogP contribution in [-0.4, -0.2) is 29.0 Å². The predicted molar refractivity (Wildman–Crippen MR) is 123 cm³/mol. The van der Waals surface area contributed by atoms with Gasteiger partial charge in [0, 0.05) is 12.7 Å². The molecule has 0 fully saturated rings. The Morgan fingerprint density at radius 2 is 2.03 bits per heavy atom. The van der Waals surface area contributed by atoms with Gasteiger partial charge in [-0.15, -0.1) is 0 Å². The van der Waals surface area contributed by atoms with Crippen LogP contribution in [0.1, 0.15) is 16.8 Å². The molecule has 156 valence electrons. The van der Waals surface area contributed by atoms with Crippen LogP contribution in [0.2, 0.25) is 5.02 Å². The van der Waals surface area contributed by atoms with E-state index in [1.165, 1.54) is 5.56 Å². The second-order valence-corrected chi connectivity index (χ2v) is 8.75. The van der Waals surface area contributed by atoms with Crippen molar-refractivity contribution in [1.82, 2.24) is 14.8 Å². The van der Waals surface area contributed by atoms with Crippen molar-refractivity contribution < 1.29 is 9.47 Å². The Labute approximate surface area is 188 Å². The standard InChI is InChI=1S/C21H21ClN4O2S2/c1-13-20(16-6-8-26(25-16)11-14-7-9-29-12-14)30-21(24-13)23-10-15-4-5-17(27-2)19(28-3)18(15)22/h4-9,12H,10-11H2,1-3H3,(H,23,24). The lowest BCUT2D eigenvalue weighted by atomic mass is 10.2. The molecule has 1 N–H and O–H groups in total. The van der Waals surface area contributed by atoms with Crippen molar-refractivity contribution in [3.05, 3.63) is 63.1 Å². The predicted octanol–water partition coefficient (Wildman–Crippen LogP) is 5.71. The van der Waals surface area contributed by atoms with Gasteiger partial charge in [0.25, 0.3) is 0 Å². The van der Waals surface area contributed by atoms with Crippen molar-refractivity contribution in [3.63, 3.8) is 0 Å². The first-order valence-corrected chi connectivity index (χ1v) is 11.4. The maximum absolute atomic E-state index is 6.48. The van der Waals surface area contributed by atoms with E-state index < -0.39 is 0 Å². The zero-order chi connectivity index (χ0) is 21.1. The Hall–Kier alpha value is -2.55. The molecule has 0 amide bonds. The van der Waals surface area contributed by atoms with Crippen LogP contribution in [0.3, 0.4) is 0 Å². The molecule has 0 aliphatic heterocycles. The van der Waals surface area contributed by atoms with Crippen LogP contribution in [0.15, 0.2) is 41.2 Å². The molecule has 0 atom stereocenters. The first-order chi connectivity index (χ1) is 14.6. The Morgan fingerprint density at radius 3 is 2.77 bits per heavy atom. The normalized spacial score (nSPS) is 10.9. The van der Waals surface area contributed by atoms with Crippen molar-refractivity contribution in [2.75, 3.05) is 19.5 Å². The summed E-state index contributed by atoms with van der Waals surface area (Å²) < 4.78 is 12.6. The summed E-state index contributed by atoms with van der Waals surface area (Å²) in [6.07, 6.45) is 2.00. The molecule has 3 aromatic heterocycles. The van der Waals surface area contributed by atoms with Gasteiger partial charge in [0.2, 0.25) is 0 Å². The van der Waals surface area contributed by atoms with E-state index in [0.29, 0.717) is 23.1 Å². The minimum Gasteiger partial charge on any atom is -0.493 e. The van der Waals surface area contributed by atoms with Gasteiger partial charge >= 0.3 is 0 Å². The number of nitrogens with zero attached hydrogens (tertiary/aromatic N) is 3. The first-order valence-electron chi connectivity index (χ1n) is 9.24. The van der Waals surface area contributed by atoms with E-state index in [1.54, 1.807) is 36.9 Å². The minimum atomic E-state index is 0.526. The van der Waals surface area contributed by atoms with Gasteiger partial charge in [0.15, 0.2) is 16.6 Å². The maximum atomic E-state index is 6.48. The van der Waals surface area contributed by atoms with Crippen molar-refractivity contribution in [2.45, 2.75) is 20.0 Å². The number of rotatable bonds is 8. The summed E-state index contributed by atoms with van der Waals surface area (Å²) >= 11 is 9.76. The number of halogens is 1. The third kappa shape index (κ3) is 4.30. The molecule has 0 radical (unpaired) electrons. The molecule has 0 spiro atoms. The highest BCUT2D eigenvalue weighted by Gasteiger charge is 2.15. The summed E-state index contributed by atoms with van der Waals surface area (Å²) in [5, 5.41) is 13.6. The summed E-state index contributed by atoms with van der Waals surface area (Å²) in [6.45, 7) is 3.29. The molecule has 1 aromatic carbocycles. The van der Waals surface area contributed by atoms with E-state index in [2.05, 4.69) is 27.1 Å². The van der Waals surface area contributed by atoms with Crippen LogP contribution in [0.4, 0.5) is 5.13 Å². The van der Waals surface area contributed by atoms with Gasteiger partial charge in [-0.3, -0.25) is 4.68 Å². The monoisotopic (exact) mass is 460 g/mol. The molecule has 0 saturated heterocycles. The van der Waals surface area contributed by atoms with Gasteiger partial charge in [-0.25, -0.2) is 4.98 Å². The Morgan fingerprint density at radius 1 is 1.17 bits per heavy atom. The van der Waals surface area contributed by atoms with Crippen LogP contribution >= 0.6 is 34.3 Å². The molecule has 30 heavy (non-hydrogen) atoms. The summed E-state index contributed by atoms with van der Waals surface area (Å²) in [5.41, 5.74) is 4.03. The molecular weight excluding hydrogens is 440 g/mol. The van der Waals surface area contributed by atoms with E-state index in [9.17, 15) is 0 Å². The third-order valence-electron chi connectivity index (χ3n) is 4.59. The number of benzene rings is 1. The van der Waals surface area contributed by atoms with Crippen molar-refractivity contribution >= 4 is 39.4 Å². The summed E-state index contributed by atoms with van der Waals surface area (Å²) in [5.74, 6) is 1.14. The lowest BCUT2D eigenvalue weighted by Crippen LogP contribution is -2.01. The highest BCUT2D eigenvalue weighted by molar-refractivity contribution is 7.19. The van der Waals surface area contributed by atoms with Gasteiger partial charge in [0.05, 0.1) is 36.4 Å². The molecule has 4 aromatic rings. The number of methoxy groups -OCH3 is 2. The molecule has 0 unspecified atom stereocenters. The number of nitrogens with one attached hydrogen (secondary N) is 1. The second kappa shape index (κ2) is 9.07. The average Bonchev–Trinajstić information content (AvgIpc) is 3.49. The molecule has 4 rings (SSSR count). The molecule has 9 heteroatoms. The highest BCUT2D eigenvalue weighted by Crippen LogP contribution is 2.38. The van der Waals surface area contributed by atoms with Crippen molar-refractivity contribution in [2.24, 2.45) is 0 Å². The summed E-state index contributed by atoms with van der Waals surface area (Å²) in [4.78, 5) is 5.71. The number of hydrogen-bond acceptors (Lipinski definition) is 7. The van der Waals surface area contributed by atoms with Gasteiger partial charge in [-0.1, -0.05) is 29.0 Å². The first kappa shape index (κ1) is 20.7. The fourth-order valence-corrected chi connectivity index (χ4v) is 4.97. The minimum absolute atomic E-state index is 0.526. The van der Waals surface area contributed by atoms with E-state index >= 15 is 0 Å². The van der Waals surface area contributed by atoms with Gasteiger partial charge in [0.1, 0.15) is 5.69 Å². The molecular formula is C21H21ClN4O2S2. The van der Waals surface area contributed by atoms with Crippen LogP contribution in [0, 0.1) is 6.92 Å². The SMILES string of the molecule is COc1ccc(CNc2nc(C)c(-c3ccn(Cc4ccsc4)n3)s2)c(Cl)c1OC. The lowest BCUT2D eigenvalue weighted by molar-refractivity contribution is 0.355. The zero-order valence-corrected chi connectivity index (χ0v) is 19.2. The Bertz CT molecular complexity index is 1140. The highest BCUT2D eigenvalue weighted by atomic mass is 35.5. The van der Waals surface area contributed by atoms with E-state index in [0.717, 1.165) is 33.5 Å². The topological polar surface area (TPSA) is 61.2 Å². The van der Waals surface area contributed by atoms with Gasteiger partial charge < -0.3 is 14.8 Å². The number of ether oxygens (including phenoxy) is 2. The van der Waals surface area contributed by atoms with Gasteiger partial charge in [-0.05, 0) is 47.0 Å². The van der Waals surface area contributed by atoms with E-state index in [1.807, 2.05) is 36.0 Å². The maximum Gasteiger partial charge on any atom is 0.183 e. The molecule has 3 heterocycles. The van der Waals surface area contributed by atoms with E-state index in [-0.39, 0.29) is 0 Å². The summed E-state index contributed by atoms with van der Waals surface area (Å²) in [6, 6.07) is 7.91. The quantitative estimate of drug-likeness (QED) is 0.365. The number of thiophene rings is 1. The van der Waals surface area contributed by atoms with E-state index in [4.69, 9.17) is 26.2 Å². The smallest absolute Gasteiger partial charge is 0.183 e. The lowest BCUT2D eigenvalue weighted by Gasteiger charge is -2.13. The number of aromatic nitrogens is 3. The second-order valence-electron chi connectivity index (χ2n) is 6.59. The number of thiazole rings is 1. The molecule has 6 nitrogen and oxygen atoms in total. The molecule has 0 aliphatic rings. The van der Waals surface area contributed by atoms with Crippen LogP contribution in [-0.2, 0) is 13.1 Å². The molecule has 0 saturated carbocycles. The van der Waals surface area contributed by atoms with Crippen LogP contribution < -0.4 is 14.8 Å². The molecule has 0 bridgehead atoms. The number of aryl methyl sites for hydroxylation is 1. The zero-order valence-electron chi connectivity index (χ0n) is 16.8. The van der Waals surface area contributed by atoms with Gasteiger partial charge in [-0.2, -0.15) is 16.4 Å². The Balaban J connectivity index is 1.48. The fraction of sp³-hybridized carbons (Fsp3) is 0.238. The summed E-state index contributed by atoms with van der Waals surface area (Å²) in [7, 11) is 3.17. The van der Waals surface area contributed by atoms with Crippen LogP contribution in [0.5, 0.6) is 11.5 Å². The average molecular weight is 461 g/mol. The fourth-order valence-electron chi connectivity index (χ4n) is 3.09. The van der Waals surface area contributed by atoms with Crippen molar-refractivity contribution in [1.29, 1.82) is 0 Å². The largest absolute Gasteiger partial charge is 0.493 e. The van der Waals surface area contributed by atoms with Crippen LogP contribution in [0.25, 0.3) is 10.6 Å². The van der Waals surface area contributed by atoms with Crippen molar-refractivity contribution in [3.8, 4) is 22.1 Å². The number of hydrogen-bond donors (Lipinski definition) is 1. The third-order valence-corrected chi connectivity index (χ3v) is 6.87. The Kier molecular flexibility index (Phi) is 6.26. The number of anilines is 1.